The largest absolute Gasteiger partial charge is 0.495 e. The number of methoxy groups -OCH3 is 1. The number of ether oxygens (including phenoxy) is 1. The van der Waals surface area contributed by atoms with E-state index in [2.05, 4.69) is 31.2 Å². The van der Waals surface area contributed by atoms with Gasteiger partial charge in [0.1, 0.15) is 17.1 Å². The number of aromatic nitrogens is 4. The molecule has 0 unspecified atom stereocenters. The maximum atomic E-state index is 11.6. The molecular formula is C25H26ClN7O2. The fourth-order valence-electron chi connectivity index (χ4n) is 4.25. The van der Waals surface area contributed by atoms with Crippen molar-refractivity contribution in [3.63, 3.8) is 0 Å². The van der Waals surface area contributed by atoms with Crippen molar-refractivity contribution in [2.75, 3.05) is 38.6 Å². The molecule has 0 saturated carbocycles. The van der Waals surface area contributed by atoms with Crippen molar-refractivity contribution in [2.45, 2.75) is 13.5 Å². The van der Waals surface area contributed by atoms with Crippen LogP contribution in [0.4, 0.5) is 11.6 Å². The summed E-state index contributed by atoms with van der Waals surface area (Å²) < 4.78 is 7.58. The average Bonchev–Trinajstić information content (AvgIpc) is 3.30. The fourth-order valence-corrected chi connectivity index (χ4v) is 4.44. The second kappa shape index (κ2) is 9.89. The molecule has 0 spiro atoms. The minimum Gasteiger partial charge on any atom is -0.495 e. The molecule has 9 nitrogen and oxygen atoms in total. The highest BCUT2D eigenvalue weighted by atomic mass is 35.5. The van der Waals surface area contributed by atoms with Gasteiger partial charge in [0, 0.05) is 45.8 Å². The first-order chi connectivity index (χ1) is 17.0. The van der Waals surface area contributed by atoms with E-state index in [0.29, 0.717) is 22.4 Å². The van der Waals surface area contributed by atoms with E-state index in [4.69, 9.17) is 16.3 Å². The van der Waals surface area contributed by atoms with Crippen molar-refractivity contribution in [1.29, 1.82) is 0 Å². The number of nitrogens with zero attached hydrogens (tertiary/aromatic N) is 6. The Morgan fingerprint density at radius 3 is 2.71 bits per heavy atom. The van der Waals surface area contributed by atoms with Gasteiger partial charge in [-0.3, -0.25) is 14.1 Å². The number of amides is 1. The van der Waals surface area contributed by atoms with Gasteiger partial charge in [0.05, 0.1) is 35.9 Å². The number of pyridine rings is 1. The molecule has 4 aromatic rings. The quantitative estimate of drug-likeness (QED) is 0.438. The topological polar surface area (TPSA) is 87.9 Å². The van der Waals surface area contributed by atoms with Crippen molar-refractivity contribution < 1.29 is 9.53 Å². The van der Waals surface area contributed by atoms with Crippen LogP contribution in [-0.4, -0.2) is 68.3 Å². The highest BCUT2D eigenvalue weighted by molar-refractivity contribution is 6.32. The second-order valence-corrected chi connectivity index (χ2v) is 8.81. The number of rotatable bonds is 6. The van der Waals surface area contributed by atoms with Gasteiger partial charge in [-0.1, -0.05) is 23.7 Å². The number of nitrogens with one attached hydrogen (secondary N) is 1. The van der Waals surface area contributed by atoms with E-state index in [1.54, 1.807) is 26.4 Å². The molecule has 4 heterocycles. The zero-order valence-electron chi connectivity index (χ0n) is 19.6. The molecule has 10 heteroatoms. The van der Waals surface area contributed by atoms with E-state index < -0.39 is 0 Å². The minimum absolute atomic E-state index is 0.135. The third-order valence-corrected chi connectivity index (χ3v) is 6.42. The Kier molecular flexibility index (Phi) is 6.52. The van der Waals surface area contributed by atoms with E-state index in [1.807, 2.05) is 45.8 Å². The van der Waals surface area contributed by atoms with Gasteiger partial charge in [-0.05, 0) is 29.8 Å². The first-order valence-electron chi connectivity index (χ1n) is 11.4. The molecule has 3 aromatic heterocycles. The lowest BCUT2D eigenvalue weighted by Crippen LogP contribution is -2.47. The van der Waals surface area contributed by atoms with Crippen LogP contribution in [0.25, 0.3) is 17.0 Å². The number of hydrogen-bond donors (Lipinski definition) is 1. The summed E-state index contributed by atoms with van der Waals surface area (Å²) in [6.07, 6.45) is 5.25. The maximum absolute atomic E-state index is 11.6. The van der Waals surface area contributed by atoms with Gasteiger partial charge in [-0.25, -0.2) is 15.0 Å². The van der Waals surface area contributed by atoms with Crippen LogP contribution < -0.4 is 10.1 Å². The van der Waals surface area contributed by atoms with Crippen LogP contribution in [0, 0.1) is 0 Å². The minimum atomic E-state index is 0.135. The highest BCUT2D eigenvalue weighted by Gasteiger charge is 2.19. The maximum Gasteiger partial charge on any atom is 0.227 e. The Balaban J connectivity index is 1.34. The van der Waals surface area contributed by atoms with Gasteiger partial charge in [0.2, 0.25) is 11.9 Å². The van der Waals surface area contributed by atoms with Crippen molar-refractivity contribution in [1.82, 2.24) is 29.2 Å². The lowest BCUT2D eigenvalue weighted by atomic mass is 10.1. The molecule has 1 aliphatic rings. The molecule has 1 N–H and O–H groups in total. The molecule has 35 heavy (non-hydrogen) atoms. The molecule has 1 aliphatic heterocycles. The molecule has 5 rings (SSSR count). The molecule has 180 valence electrons. The van der Waals surface area contributed by atoms with Crippen molar-refractivity contribution in [3.8, 4) is 17.1 Å². The Labute approximate surface area is 208 Å². The number of fused-ring (bicyclic) bond motifs is 1. The van der Waals surface area contributed by atoms with E-state index >= 15 is 0 Å². The fraction of sp³-hybridized carbons (Fsp3) is 0.280. The third-order valence-electron chi connectivity index (χ3n) is 6.14. The predicted molar refractivity (Wildman–Crippen MR) is 135 cm³/mol. The molecule has 1 amide bonds. The lowest BCUT2D eigenvalue weighted by Gasteiger charge is -2.34. The van der Waals surface area contributed by atoms with Gasteiger partial charge < -0.3 is 15.0 Å². The van der Waals surface area contributed by atoms with Gasteiger partial charge in [-0.15, -0.1) is 0 Å². The molecule has 1 saturated heterocycles. The van der Waals surface area contributed by atoms with Crippen LogP contribution in [0.15, 0.2) is 55.0 Å². The number of benzene rings is 1. The summed E-state index contributed by atoms with van der Waals surface area (Å²) in [5, 5.41) is 3.70. The van der Waals surface area contributed by atoms with Gasteiger partial charge in [-0.2, -0.15) is 0 Å². The number of anilines is 2. The summed E-state index contributed by atoms with van der Waals surface area (Å²) >= 11 is 6.44. The monoisotopic (exact) mass is 491 g/mol. The smallest absolute Gasteiger partial charge is 0.227 e. The van der Waals surface area contributed by atoms with Crippen LogP contribution >= 0.6 is 11.6 Å². The number of piperazine rings is 1. The SMILES string of the molecule is COc1cc(CN2CCN(C(C)=O)CC2)ccc1Nc1ncc(Cl)c(-c2cnc3ccccn23)n1. The molecule has 0 atom stereocenters. The van der Waals surface area contributed by atoms with Crippen LogP contribution in [0.3, 0.4) is 0 Å². The molecule has 1 fully saturated rings. The predicted octanol–water partition coefficient (Wildman–Crippen LogP) is 3.86. The summed E-state index contributed by atoms with van der Waals surface area (Å²) in [6, 6.07) is 11.8. The normalized spacial score (nSPS) is 14.3. The summed E-state index contributed by atoms with van der Waals surface area (Å²) in [5.74, 6) is 1.23. The Bertz CT molecular complexity index is 1370. The number of carbonyl (C=O) groups excluding carboxylic acids is 1. The van der Waals surface area contributed by atoms with Crippen LogP contribution in [0.5, 0.6) is 5.75 Å². The Morgan fingerprint density at radius 1 is 1.11 bits per heavy atom. The van der Waals surface area contributed by atoms with Crippen molar-refractivity contribution in [2.24, 2.45) is 0 Å². The molecule has 0 radical (unpaired) electrons. The number of halogens is 1. The first kappa shape index (κ1) is 23.1. The van der Waals surface area contributed by atoms with E-state index in [0.717, 1.165) is 55.3 Å². The second-order valence-electron chi connectivity index (χ2n) is 8.40. The first-order valence-corrected chi connectivity index (χ1v) is 11.8. The zero-order valence-corrected chi connectivity index (χ0v) is 20.4. The van der Waals surface area contributed by atoms with Gasteiger partial charge >= 0.3 is 0 Å². The van der Waals surface area contributed by atoms with Crippen LogP contribution in [0.1, 0.15) is 12.5 Å². The lowest BCUT2D eigenvalue weighted by molar-refractivity contribution is -0.130. The number of hydrogen-bond acceptors (Lipinski definition) is 7. The number of carbonyl (C=O) groups is 1. The molecule has 0 bridgehead atoms. The van der Waals surface area contributed by atoms with Crippen molar-refractivity contribution in [3.05, 3.63) is 65.6 Å². The summed E-state index contributed by atoms with van der Waals surface area (Å²) in [4.78, 5) is 29.2. The summed E-state index contributed by atoms with van der Waals surface area (Å²) in [6.45, 7) is 5.64. The highest BCUT2D eigenvalue weighted by Crippen LogP contribution is 2.31. The average molecular weight is 492 g/mol. The van der Waals surface area contributed by atoms with Crippen molar-refractivity contribution >= 4 is 34.8 Å². The zero-order chi connectivity index (χ0) is 24.4. The number of imidazole rings is 1. The van der Waals surface area contributed by atoms with E-state index in [9.17, 15) is 4.79 Å². The summed E-state index contributed by atoms with van der Waals surface area (Å²) in [5.41, 5.74) is 4.06. The molecule has 0 aliphatic carbocycles. The van der Waals surface area contributed by atoms with E-state index in [-0.39, 0.29) is 5.91 Å². The summed E-state index contributed by atoms with van der Waals surface area (Å²) in [7, 11) is 1.64. The molecular weight excluding hydrogens is 466 g/mol. The Hall–Kier alpha value is -3.69. The molecule has 1 aromatic carbocycles. The van der Waals surface area contributed by atoms with E-state index in [1.165, 1.54) is 0 Å². The Morgan fingerprint density at radius 2 is 1.94 bits per heavy atom. The third kappa shape index (κ3) is 4.91. The van der Waals surface area contributed by atoms with Crippen LogP contribution in [-0.2, 0) is 11.3 Å². The van der Waals surface area contributed by atoms with Crippen LogP contribution in [0.2, 0.25) is 5.02 Å². The van der Waals surface area contributed by atoms with Gasteiger partial charge in [0.25, 0.3) is 0 Å². The van der Waals surface area contributed by atoms with Gasteiger partial charge in [0.15, 0.2) is 0 Å². The standard InChI is InChI=1S/C25H26ClN7O2/c1-17(34)32-11-9-31(10-12-32)16-18-6-7-20(22(13-18)35-2)29-25-28-14-19(26)24(30-25)21-15-27-23-5-3-4-8-33(21)23/h3-8,13-15H,9-12,16H2,1-2H3,(H,28,29,30).